The highest BCUT2D eigenvalue weighted by molar-refractivity contribution is 5.74. The fourth-order valence-corrected chi connectivity index (χ4v) is 11.5. The summed E-state index contributed by atoms with van der Waals surface area (Å²) in [6, 6.07) is -6.84. The minimum absolute atomic E-state index is 0.751. The van der Waals surface area contributed by atoms with Crippen LogP contribution in [0.15, 0.2) is 0 Å². The highest BCUT2D eigenvalue weighted by Gasteiger charge is 2.59. The molecular weight excluding hydrogens is 1230 g/mol. The van der Waals surface area contributed by atoms with E-state index in [0.29, 0.717) is 0 Å². The number of amides is 4. The Balaban J connectivity index is 1.25. The number of rotatable bonds is 23. The number of nitrogens with one attached hydrogen (secondary N) is 4. The van der Waals surface area contributed by atoms with E-state index in [1.54, 1.807) is 0 Å². The van der Waals surface area contributed by atoms with Crippen LogP contribution in [0.4, 0.5) is 0 Å². The van der Waals surface area contributed by atoms with E-state index in [1.807, 2.05) is 0 Å². The van der Waals surface area contributed by atoms with Gasteiger partial charge in [-0.15, -0.1) is 0 Å². The topological polar surface area (TPSA) is 621 Å². The number of hydrogen-bond donors (Lipinski definition) is 23. The standard InChI is InChI=1S/C50H84N4O36/c1-12(61)51-23-34(72)39(20(9-59)79-44(23)77)86-47-26(54-15(4)64)35(73)40(21(10-60)84-47)87-48-38(76)41(88-50-43(37(75)30(68)19(8-58)83-50)90-46-25(53-14(3)63)33(71)28(66)17(6-56)81-46)31(69)22(85-48)11-78-49-42(36(74)29(67)18(7-57)82-49)89-45-24(52-13(2)62)32(70)27(65)16(5-55)80-45/h16-50,55-60,65-77H,5-11H2,1-4H3,(H,51,61)(H,52,62)(H,53,63)(H,54,64)/t16-,17-,18-,19-,20-,21-,22-,23-,24-,25-,26-,27-,28-,29-,30-,31-,32-,33-,34-,35-,36+,37+,38+,39-,40-,41+,42+,43+,44-,45?,46?,47+,48+,49+,50-/m1/s1. The van der Waals surface area contributed by atoms with Crippen molar-refractivity contribution >= 4 is 23.6 Å². The van der Waals surface area contributed by atoms with Crippen molar-refractivity contribution < 1.29 is 178 Å². The zero-order valence-corrected chi connectivity index (χ0v) is 48.6. The first kappa shape index (κ1) is 74.0. The molecule has 7 fully saturated rings. The Morgan fingerprint density at radius 1 is 0.289 bits per heavy atom. The Bertz CT molecular complexity index is 2310. The molecule has 0 bridgehead atoms. The van der Waals surface area contributed by atoms with Crippen LogP contribution in [0.25, 0.3) is 0 Å². The molecule has 0 saturated carbocycles. The summed E-state index contributed by atoms with van der Waals surface area (Å²) >= 11 is 0. The minimum Gasteiger partial charge on any atom is -0.394 e. The quantitative estimate of drug-likeness (QED) is 0.0452. The maximum absolute atomic E-state index is 12.8. The van der Waals surface area contributed by atoms with Crippen LogP contribution in [-0.2, 0) is 80.8 Å². The number of aliphatic hydroxyl groups is 19. The van der Waals surface area contributed by atoms with Crippen molar-refractivity contribution in [2.45, 2.75) is 242 Å². The minimum atomic E-state index is -2.45. The molecule has 2 unspecified atom stereocenters. The summed E-state index contributed by atoms with van der Waals surface area (Å²) in [5.74, 6) is -3.28. The third kappa shape index (κ3) is 16.4. The van der Waals surface area contributed by atoms with Gasteiger partial charge in [0.25, 0.3) is 0 Å². The van der Waals surface area contributed by atoms with Crippen LogP contribution in [0.2, 0.25) is 0 Å². The molecule has 0 spiro atoms. The van der Waals surface area contributed by atoms with E-state index in [1.165, 1.54) is 0 Å². The maximum atomic E-state index is 12.8. The zero-order valence-electron chi connectivity index (χ0n) is 48.6. The summed E-state index contributed by atoms with van der Waals surface area (Å²) < 4.78 is 76.6. The van der Waals surface area contributed by atoms with Crippen molar-refractivity contribution in [3.8, 4) is 0 Å². The molecule has 7 aliphatic rings. The van der Waals surface area contributed by atoms with Gasteiger partial charge in [0.1, 0.15) is 171 Å². The van der Waals surface area contributed by atoms with Crippen LogP contribution in [0.1, 0.15) is 27.7 Å². The molecule has 0 aliphatic carbocycles. The monoisotopic (exact) mass is 1320 g/mol. The van der Waals surface area contributed by atoms with Gasteiger partial charge in [0.2, 0.25) is 23.6 Å². The predicted molar refractivity (Wildman–Crippen MR) is 278 cm³/mol. The molecule has 0 aromatic carbocycles. The van der Waals surface area contributed by atoms with E-state index < -0.39 is 285 Å². The number of carbonyl (C=O) groups is 4. The van der Waals surface area contributed by atoms with E-state index in [4.69, 9.17) is 61.6 Å². The van der Waals surface area contributed by atoms with Crippen LogP contribution in [0, 0.1) is 0 Å². The molecule has 0 radical (unpaired) electrons. The maximum Gasteiger partial charge on any atom is 0.217 e. The van der Waals surface area contributed by atoms with Gasteiger partial charge in [-0.2, -0.15) is 0 Å². The Hall–Kier alpha value is -3.40. The summed E-state index contributed by atoms with van der Waals surface area (Å²) in [4.78, 5) is 49.5. The first-order chi connectivity index (χ1) is 42.5. The van der Waals surface area contributed by atoms with Gasteiger partial charge in [0.05, 0.1) is 46.2 Å². The van der Waals surface area contributed by atoms with E-state index in [2.05, 4.69) is 21.3 Å². The molecule has 7 rings (SSSR count). The molecule has 40 heteroatoms. The van der Waals surface area contributed by atoms with Crippen LogP contribution in [-0.4, -0.2) is 382 Å². The Kier molecular flexibility index (Phi) is 26.6. The van der Waals surface area contributed by atoms with Crippen molar-refractivity contribution in [2.24, 2.45) is 0 Å². The van der Waals surface area contributed by atoms with Gasteiger partial charge in [-0.1, -0.05) is 0 Å². The third-order valence-corrected chi connectivity index (χ3v) is 16.1. The van der Waals surface area contributed by atoms with Gasteiger partial charge in [-0.05, 0) is 0 Å². The van der Waals surface area contributed by atoms with Gasteiger partial charge in [0, 0.05) is 27.7 Å². The van der Waals surface area contributed by atoms with Crippen molar-refractivity contribution in [3.63, 3.8) is 0 Å². The largest absolute Gasteiger partial charge is 0.394 e. The van der Waals surface area contributed by atoms with Crippen molar-refractivity contribution in [1.29, 1.82) is 0 Å². The Morgan fingerprint density at radius 2 is 0.589 bits per heavy atom. The van der Waals surface area contributed by atoms with Gasteiger partial charge < -0.3 is 180 Å². The average molecular weight is 1320 g/mol. The highest BCUT2D eigenvalue weighted by atomic mass is 16.8. The lowest BCUT2D eigenvalue weighted by molar-refractivity contribution is -0.396. The second-order valence-corrected chi connectivity index (χ2v) is 22.5. The number of carbonyl (C=O) groups excluding carboxylic acids is 4. The van der Waals surface area contributed by atoms with Gasteiger partial charge in [-0.25, -0.2) is 0 Å². The van der Waals surface area contributed by atoms with Crippen LogP contribution >= 0.6 is 0 Å². The molecule has 40 nitrogen and oxygen atoms in total. The van der Waals surface area contributed by atoms with Crippen molar-refractivity contribution in [1.82, 2.24) is 21.3 Å². The number of aliphatic hydroxyl groups excluding tert-OH is 19. The van der Waals surface area contributed by atoms with Gasteiger partial charge in [0.15, 0.2) is 44.0 Å². The smallest absolute Gasteiger partial charge is 0.217 e. The van der Waals surface area contributed by atoms with Crippen LogP contribution < -0.4 is 21.3 Å². The molecule has 90 heavy (non-hydrogen) atoms. The van der Waals surface area contributed by atoms with Gasteiger partial charge >= 0.3 is 0 Å². The summed E-state index contributed by atoms with van der Waals surface area (Å²) in [7, 11) is 0. The second-order valence-electron chi connectivity index (χ2n) is 22.5. The number of hydrogen-bond acceptors (Lipinski definition) is 36. The first-order valence-electron chi connectivity index (χ1n) is 28.6. The van der Waals surface area contributed by atoms with Crippen molar-refractivity contribution in [3.05, 3.63) is 0 Å². The highest BCUT2D eigenvalue weighted by Crippen LogP contribution is 2.38. The lowest BCUT2D eigenvalue weighted by atomic mass is 9.93. The third-order valence-electron chi connectivity index (χ3n) is 16.1. The van der Waals surface area contributed by atoms with Crippen LogP contribution in [0.3, 0.4) is 0 Å². The summed E-state index contributed by atoms with van der Waals surface area (Å²) in [6.45, 7) is -3.14. The summed E-state index contributed by atoms with van der Waals surface area (Å²) in [6.07, 6.45) is -61.9. The normalized spacial score (nSPS) is 47.6. The molecule has 7 heterocycles. The molecule has 520 valence electrons. The molecule has 0 aromatic heterocycles. The zero-order chi connectivity index (χ0) is 66.5. The Labute approximate surface area is 510 Å². The molecule has 7 aliphatic heterocycles. The van der Waals surface area contributed by atoms with E-state index in [0.717, 1.165) is 27.7 Å². The SMILES string of the molecule is CC(=O)N[C@@H]1[C@@H](O)[C@H](O[C@@H]2O[C@H](CO)[C@@H](O[C@@H]3O[C@H](CO[C@H]4O[C@H](CO)[C@@H](O)[C@H](O)[C@@H]4OC4O[C@H](CO)[C@@H](O)[C@H](O)[C@H]4NC(C)=O)[C@@H](O)[C@H](O[C@H]4O[C@H](CO)[C@@H](O)[C@H](O)[C@@H]4OC4O[C@H](CO)[C@@H](O)[C@H](O)[C@H]4NC(C)=O)[C@@H]3O)[C@H](O)[C@H]2NC(C)=O)[C@@H](CO)O[C@H]1O. The average Bonchev–Trinajstić information content (AvgIpc) is 1.12. The second kappa shape index (κ2) is 32.4. The molecule has 0 aromatic rings. The summed E-state index contributed by atoms with van der Waals surface area (Å²) in [5, 5.41) is 218. The van der Waals surface area contributed by atoms with E-state index >= 15 is 0 Å². The Morgan fingerprint density at radius 3 is 1.01 bits per heavy atom. The first-order valence-corrected chi connectivity index (χ1v) is 28.6. The number of ether oxygens (including phenoxy) is 13. The molecule has 4 amide bonds. The fraction of sp³-hybridized carbons (Fsp3) is 0.920. The fourth-order valence-electron chi connectivity index (χ4n) is 11.5. The molecule has 35 atom stereocenters. The van der Waals surface area contributed by atoms with Crippen LogP contribution in [0.5, 0.6) is 0 Å². The molecule has 23 N–H and O–H groups in total. The lowest BCUT2D eigenvalue weighted by Gasteiger charge is -2.51. The molecular formula is C50H84N4O36. The van der Waals surface area contributed by atoms with Crippen molar-refractivity contribution in [2.75, 3.05) is 46.2 Å². The van der Waals surface area contributed by atoms with E-state index in [9.17, 15) is 116 Å². The predicted octanol–water partition coefficient (Wildman–Crippen LogP) is -15.7. The van der Waals surface area contributed by atoms with E-state index in [-0.39, 0.29) is 0 Å². The van der Waals surface area contributed by atoms with Gasteiger partial charge in [-0.3, -0.25) is 19.2 Å². The summed E-state index contributed by atoms with van der Waals surface area (Å²) in [5.41, 5.74) is 0. The lowest BCUT2D eigenvalue weighted by Crippen LogP contribution is -2.70. The molecule has 7 saturated heterocycles.